The number of thiazole rings is 1. The summed E-state index contributed by atoms with van der Waals surface area (Å²) in [5.41, 5.74) is -1.95. The van der Waals surface area contributed by atoms with Crippen LogP contribution in [-0.2, 0) is 6.50 Å². The third kappa shape index (κ3) is 4.00. The highest BCUT2D eigenvalue weighted by molar-refractivity contribution is 7.22. The van der Waals surface area contributed by atoms with Crippen molar-refractivity contribution >= 4 is 39.1 Å². The summed E-state index contributed by atoms with van der Waals surface area (Å²) >= 11 is 6.78. The molecule has 0 aliphatic carbocycles. The summed E-state index contributed by atoms with van der Waals surface area (Å²) in [6.45, 7) is -7.31. The molecule has 1 unspecified atom stereocenters. The first-order valence-corrected chi connectivity index (χ1v) is 8.68. The molecule has 27 heavy (non-hydrogen) atoms. The summed E-state index contributed by atoms with van der Waals surface area (Å²) < 4.78 is 107. The van der Waals surface area contributed by atoms with Crippen molar-refractivity contribution in [3.63, 3.8) is 0 Å². The molecule has 0 bridgehead atoms. The largest absolute Gasteiger partial charge is 0.366 e. The number of halogens is 2. The van der Waals surface area contributed by atoms with Gasteiger partial charge in [-0.05, 0) is 30.4 Å². The molecule has 1 N–H and O–H groups in total. The molecule has 1 aliphatic rings. The standard InChI is InChI=1S/C18H16ClFN6S/c19-18-25-17-15(27-18)16(22-10-23-17)24-13-3-5-26(6-4-13)9-11-1-2-14(20)12(7-11)8-21/h1-2,7,10,13H,3-6,9H2,(H,22,23,24)/i1D,2D,3D2,5D2,7D,9D2,13D/hD. The number of aromatic nitrogens is 3. The van der Waals surface area contributed by atoms with Gasteiger partial charge in [0.1, 0.15) is 28.7 Å². The fraction of sp³-hybridized carbons (Fsp3) is 0.333. The average molecular weight is 414 g/mol. The van der Waals surface area contributed by atoms with E-state index in [9.17, 15) is 9.65 Å². The molecule has 3 heterocycles. The number of benzene rings is 1. The van der Waals surface area contributed by atoms with Crippen LogP contribution >= 0.6 is 22.9 Å². The highest BCUT2D eigenvalue weighted by Gasteiger charge is 2.21. The fourth-order valence-electron chi connectivity index (χ4n) is 2.22. The van der Waals surface area contributed by atoms with E-state index in [1.54, 1.807) is 0 Å². The Balaban J connectivity index is 1.83. The van der Waals surface area contributed by atoms with Crippen molar-refractivity contribution in [2.45, 2.75) is 25.3 Å². The second-order valence-electron chi connectivity index (χ2n) is 5.18. The number of hydrogen-bond acceptors (Lipinski definition) is 7. The minimum absolute atomic E-state index is 0.0396. The van der Waals surface area contributed by atoms with Crippen molar-refractivity contribution in [3.05, 3.63) is 45.9 Å². The number of rotatable bonds is 4. The van der Waals surface area contributed by atoms with Crippen LogP contribution in [0.2, 0.25) is 5.88 Å². The quantitative estimate of drug-likeness (QED) is 0.700. The number of fused-ring (bicyclic) bond motifs is 1. The molecule has 2 aromatic heterocycles. The van der Waals surface area contributed by atoms with Gasteiger partial charge >= 0.3 is 0 Å². The van der Waals surface area contributed by atoms with E-state index in [-0.39, 0.29) is 20.6 Å². The van der Waals surface area contributed by atoms with E-state index in [1.807, 2.05) is 0 Å². The first-order valence-electron chi connectivity index (χ1n) is 12.9. The van der Waals surface area contributed by atoms with Gasteiger partial charge in [-0.2, -0.15) is 5.26 Å². The monoisotopic (exact) mass is 413 g/mol. The van der Waals surface area contributed by atoms with Crippen LogP contribution < -0.4 is 5.31 Å². The third-order valence-corrected chi connectivity index (χ3v) is 4.56. The molecule has 6 nitrogen and oxygen atoms in total. The molecule has 1 aromatic carbocycles. The minimum atomic E-state index is -3.38. The minimum Gasteiger partial charge on any atom is -0.366 e. The van der Waals surface area contributed by atoms with E-state index in [4.69, 9.17) is 26.7 Å². The zero-order valence-corrected chi connectivity index (χ0v) is 14.9. The summed E-state index contributed by atoms with van der Waals surface area (Å²) in [5.74, 6) is -1.78. The van der Waals surface area contributed by atoms with Gasteiger partial charge in [0.2, 0.25) is 0 Å². The van der Waals surface area contributed by atoms with Gasteiger partial charge in [-0.15, -0.1) is 0 Å². The van der Waals surface area contributed by atoms with Crippen molar-refractivity contribution in [3.8, 4) is 6.07 Å². The van der Waals surface area contributed by atoms with Crippen LogP contribution in [0.5, 0.6) is 0 Å². The molecule has 0 spiro atoms. The lowest BCUT2D eigenvalue weighted by Gasteiger charge is -2.32. The Labute approximate surface area is 180 Å². The molecule has 0 saturated carbocycles. The van der Waals surface area contributed by atoms with Crippen LogP contribution in [0, 0.1) is 17.1 Å². The maximum atomic E-state index is 14.3. The van der Waals surface area contributed by atoms with Gasteiger partial charge in [0, 0.05) is 33.8 Å². The Morgan fingerprint density at radius 1 is 1.63 bits per heavy atom. The summed E-state index contributed by atoms with van der Waals surface area (Å²) in [5, 5.41) is 9.57. The van der Waals surface area contributed by atoms with Crippen molar-refractivity contribution in [2.75, 3.05) is 18.4 Å². The lowest BCUT2D eigenvalue weighted by atomic mass is 10.0. The van der Waals surface area contributed by atoms with Crippen molar-refractivity contribution in [1.82, 2.24) is 19.9 Å². The van der Waals surface area contributed by atoms with Crippen LogP contribution in [0.25, 0.3) is 10.3 Å². The van der Waals surface area contributed by atoms with Crippen molar-refractivity contribution in [1.29, 1.82) is 5.26 Å². The fourth-order valence-corrected chi connectivity index (χ4v) is 3.21. The summed E-state index contributed by atoms with van der Waals surface area (Å²) in [6.07, 6.45) is -3.01. The van der Waals surface area contributed by atoms with E-state index >= 15 is 0 Å². The molecule has 138 valence electrons. The molecule has 3 aromatic rings. The number of nitrogens with zero attached hydrogens (tertiary/aromatic N) is 5. The molecule has 4 rings (SSSR count). The molecule has 1 aliphatic heterocycles. The maximum absolute atomic E-state index is 14.3. The Morgan fingerprint density at radius 3 is 3.37 bits per heavy atom. The Bertz CT molecular complexity index is 1500. The van der Waals surface area contributed by atoms with Crippen LogP contribution in [0.3, 0.4) is 0 Å². The number of likely N-dealkylation sites (tertiary alicyclic amines) is 1. The molecule has 0 amide bonds. The second kappa shape index (κ2) is 7.72. The zero-order valence-electron chi connectivity index (χ0n) is 24.3. The smallest absolute Gasteiger partial charge is 0.186 e. The predicted octanol–water partition coefficient (Wildman–Crippen LogP) is 3.83. The highest BCUT2D eigenvalue weighted by atomic mass is 35.5. The van der Waals surface area contributed by atoms with Crippen molar-refractivity contribution < 1.29 is 19.5 Å². The van der Waals surface area contributed by atoms with Crippen LogP contribution in [0.4, 0.5) is 10.2 Å². The third-order valence-electron chi connectivity index (χ3n) is 3.42. The van der Waals surface area contributed by atoms with Gasteiger partial charge in [-0.3, -0.25) is 4.90 Å². The second-order valence-corrected chi connectivity index (χ2v) is 6.76. The van der Waals surface area contributed by atoms with E-state index in [1.165, 1.54) is 6.07 Å². The Hall–Kier alpha value is -2.34. The Kier molecular flexibility index (Phi) is 2.64. The summed E-state index contributed by atoms with van der Waals surface area (Å²) in [7, 11) is 0. The topological polar surface area (TPSA) is 77.7 Å². The van der Waals surface area contributed by atoms with Gasteiger partial charge in [0.25, 0.3) is 0 Å². The van der Waals surface area contributed by atoms with Crippen LogP contribution in [0.1, 0.15) is 37.6 Å². The molecule has 9 heteroatoms. The molecule has 0 radical (unpaired) electrons. The maximum Gasteiger partial charge on any atom is 0.186 e. The molecular formula is C18H16ClFN6S. The van der Waals surface area contributed by atoms with E-state index in [0.717, 1.165) is 17.7 Å². The highest BCUT2D eigenvalue weighted by Crippen LogP contribution is 2.30. The first-order chi connectivity index (χ1) is 17.4. The van der Waals surface area contributed by atoms with Gasteiger partial charge in [0.05, 0.1) is 11.0 Å². The van der Waals surface area contributed by atoms with E-state index < -0.39 is 73.4 Å². The molecular weight excluding hydrogens is 387 g/mol. The molecule has 1 saturated heterocycles. The van der Waals surface area contributed by atoms with E-state index in [0.29, 0.717) is 10.2 Å². The van der Waals surface area contributed by atoms with Gasteiger partial charge in [0.15, 0.2) is 11.5 Å². The average Bonchev–Trinajstić information content (AvgIpc) is 3.21. The normalized spacial score (nSPS) is 30.6. The van der Waals surface area contributed by atoms with Gasteiger partial charge in [-0.25, -0.2) is 19.3 Å². The van der Waals surface area contributed by atoms with Crippen LogP contribution in [0.15, 0.2) is 24.5 Å². The number of nitriles is 1. The number of anilines is 1. The summed E-state index contributed by atoms with van der Waals surface area (Å²) in [6, 6.07) is -4.73. The first kappa shape index (κ1) is 9.24. The lowest BCUT2D eigenvalue weighted by molar-refractivity contribution is 0.211. The number of piperidine rings is 1. The van der Waals surface area contributed by atoms with Crippen molar-refractivity contribution in [2.24, 2.45) is 0 Å². The van der Waals surface area contributed by atoms with Gasteiger partial charge in [-0.1, -0.05) is 29.0 Å². The van der Waals surface area contributed by atoms with E-state index in [2.05, 4.69) is 15.0 Å². The summed E-state index contributed by atoms with van der Waals surface area (Å²) in [4.78, 5) is 12.1. The van der Waals surface area contributed by atoms with Gasteiger partial charge < -0.3 is 5.31 Å². The molecule has 1 fully saturated rings. The zero-order chi connectivity index (χ0) is 28.6. The lowest BCUT2D eigenvalue weighted by Crippen LogP contribution is -2.38. The predicted molar refractivity (Wildman–Crippen MR) is 103 cm³/mol. The van der Waals surface area contributed by atoms with Crippen LogP contribution in [-0.4, -0.2) is 38.9 Å². The Morgan fingerprint density at radius 2 is 2.52 bits per heavy atom. The SMILES string of the molecule is [2H]c1c([2H])c(C([2H])([2H])N2CCC([2H])(N([2H])c3ncnc4nc(Cl)sc34)C([2H])([2H])C2([2H])[2H])c([2H])c(C#N)c1F. The number of nitrogens with one attached hydrogen (secondary N) is 1. The number of hydrogen-bond donors (Lipinski definition) is 1. The molecule has 1 atom stereocenters.